The second-order valence-corrected chi connectivity index (χ2v) is 4.37. The van der Waals surface area contributed by atoms with Gasteiger partial charge in [0.05, 0.1) is 6.61 Å². The summed E-state index contributed by atoms with van der Waals surface area (Å²) in [7, 11) is 1.70. The van der Waals surface area contributed by atoms with E-state index in [1.807, 2.05) is 13.0 Å². The summed E-state index contributed by atoms with van der Waals surface area (Å²) in [5.41, 5.74) is 2.05. The van der Waals surface area contributed by atoms with Crippen LogP contribution in [0.15, 0.2) is 12.3 Å². The van der Waals surface area contributed by atoms with Gasteiger partial charge in [0.2, 0.25) is 0 Å². The first kappa shape index (κ1) is 12.3. The zero-order chi connectivity index (χ0) is 12.1. The van der Waals surface area contributed by atoms with E-state index in [9.17, 15) is 0 Å². The van der Waals surface area contributed by atoms with Gasteiger partial charge in [0, 0.05) is 24.6 Å². The minimum atomic E-state index is 0.314. The highest BCUT2D eigenvalue weighted by Gasteiger charge is 2.17. The molecule has 17 heavy (non-hydrogen) atoms. The van der Waals surface area contributed by atoms with Crippen LogP contribution in [0.3, 0.4) is 0 Å². The molecule has 0 unspecified atom stereocenters. The van der Waals surface area contributed by atoms with Crippen molar-refractivity contribution in [1.29, 1.82) is 0 Å². The van der Waals surface area contributed by atoms with Crippen LogP contribution >= 0.6 is 0 Å². The molecule has 94 valence electrons. The second-order valence-electron chi connectivity index (χ2n) is 4.37. The maximum absolute atomic E-state index is 6.06. The summed E-state index contributed by atoms with van der Waals surface area (Å²) in [6.45, 7) is 4.62. The highest BCUT2D eigenvalue weighted by atomic mass is 16.5. The van der Waals surface area contributed by atoms with Crippen LogP contribution < -0.4 is 10.1 Å². The first-order chi connectivity index (χ1) is 8.31. The standard InChI is InChI=1S/C13H20N2O2/c1-10-12(9-16-2)13(5-8-15-10)17-11-3-6-14-7-4-11/h5,8,11,14H,3-4,6-7,9H2,1-2H3. The lowest BCUT2D eigenvalue weighted by molar-refractivity contribution is 0.147. The van der Waals surface area contributed by atoms with Gasteiger partial charge in [-0.1, -0.05) is 0 Å². The molecule has 1 fully saturated rings. The minimum absolute atomic E-state index is 0.314. The highest BCUT2D eigenvalue weighted by Crippen LogP contribution is 2.24. The smallest absolute Gasteiger partial charge is 0.128 e. The highest BCUT2D eigenvalue weighted by molar-refractivity contribution is 5.35. The first-order valence-electron chi connectivity index (χ1n) is 6.12. The lowest BCUT2D eigenvalue weighted by atomic mass is 10.1. The fourth-order valence-electron chi connectivity index (χ4n) is 2.10. The topological polar surface area (TPSA) is 43.4 Å². The fraction of sp³-hybridized carbons (Fsp3) is 0.615. The Morgan fingerprint density at radius 2 is 2.18 bits per heavy atom. The number of hydrogen-bond acceptors (Lipinski definition) is 4. The van der Waals surface area contributed by atoms with Gasteiger partial charge in [-0.15, -0.1) is 0 Å². The number of rotatable bonds is 4. The zero-order valence-corrected chi connectivity index (χ0v) is 10.5. The number of ether oxygens (including phenoxy) is 2. The number of methoxy groups -OCH3 is 1. The summed E-state index contributed by atoms with van der Waals surface area (Å²) >= 11 is 0. The maximum atomic E-state index is 6.06. The molecule has 0 aromatic carbocycles. The van der Waals surface area contributed by atoms with Gasteiger partial charge in [-0.05, 0) is 38.9 Å². The summed E-state index contributed by atoms with van der Waals surface area (Å²) in [4.78, 5) is 4.28. The van der Waals surface area contributed by atoms with Gasteiger partial charge in [0.25, 0.3) is 0 Å². The lowest BCUT2D eigenvalue weighted by Gasteiger charge is -2.25. The Bertz CT molecular complexity index is 362. The Labute approximate surface area is 102 Å². The van der Waals surface area contributed by atoms with Crippen LogP contribution in [-0.4, -0.2) is 31.3 Å². The van der Waals surface area contributed by atoms with E-state index in [1.54, 1.807) is 13.3 Å². The SMILES string of the molecule is COCc1c(OC2CCNCC2)ccnc1C. The summed E-state index contributed by atoms with van der Waals surface area (Å²) in [6.07, 6.45) is 4.24. The Balaban J connectivity index is 2.10. The van der Waals surface area contributed by atoms with Crippen molar-refractivity contribution in [3.63, 3.8) is 0 Å². The number of hydrogen-bond donors (Lipinski definition) is 1. The second kappa shape index (κ2) is 5.98. The molecular weight excluding hydrogens is 216 g/mol. The Kier molecular flexibility index (Phi) is 4.34. The lowest BCUT2D eigenvalue weighted by Crippen LogP contribution is -2.34. The quantitative estimate of drug-likeness (QED) is 0.863. The average molecular weight is 236 g/mol. The van der Waals surface area contributed by atoms with Gasteiger partial charge in [0.15, 0.2) is 0 Å². The Morgan fingerprint density at radius 3 is 2.88 bits per heavy atom. The molecule has 1 aliphatic rings. The molecule has 1 N–H and O–H groups in total. The monoisotopic (exact) mass is 236 g/mol. The summed E-state index contributed by atoms with van der Waals surface area (Å²) < 4.78 is 11.3. The number of aromatic nitrogens is 1. The molecule has 0 amide bonds. The van der Waals surface area contributed by atoms with Gasteiger partial charge < -0.3 is 14.8 Å². The zero-order valence-electron chi connectivity index (χ0n) is 10.5. The van der Waals surface area contributed by atoms with Crippen molar-refractivity contribution in [3.8, 4) is 5.75 Å². The van der Waals surface area contributed by atoms with Gasteiger partial charge in [0.1, 0.15) is 11.9 Å². The third-order valence-electron chi connectivity index (χ3n) is 3.10. The van der Waals surface area contributed by atoms with E-state index in [-0.39, 0.29) is 0 Å². The van der Waals surface area contributed by atoms with Crippen LogP contribution in [0, 0.1) is 6.92 Å². The van der Waals surface area contributed by atoms with E-state index in [2.05, 4.69) is 10.3 Å². The van der Waals surface area contributed by atoms with Crippen molar-refractivity contribution >= 4 is 0 Å². The number of aryl methyl sites for hydroxylation is 1. The maximum Gasteiger partial charge on any atom is 0.128 e. The molecule has 1 aliphatic heterocycles. The molecule has 4 heteroatoms. The van der Waals surface area contributed by atoms with Crippen molar-refractivity contribution in [3.05, 3.63) is 23.5 Å². The number of pyridine rings is 1. The van der Waals surface area contributed by atoms with Crippen molar-refractivity contribution < 1.29 is 9.47 Å². The molecule has 1 saturated heterocycles. The van der Waals surface area contributed by atoms with Crippen LogP contribution in [0.2, 0.25) is 0 Å². The third kappa shape index (κ3) is 3.17. The van der Waals surface area contributed by atoms with Crippen LogP contribution in [0.4, 0.5) is 0 Å². The van der Waals surface area contributed by atoms with Gasteiger partial charge in [-0.25, -0.2) is 0 Å². The molecule has 0 bridgehead atoms. The van der Waals surface area contributed by atoms with E-state index in [0.29, 0.717) is 12.7 Å². The molecule has 2 heterocycles. The van der Waals surface area contributed by atoms with Crippen LogP contribution in [0.1, 0.15) is 24.1 Å². The Morgan fingerprint density at radius 1 is 1.41 bits per heavy atom. The van der Waals surface area contributed by atoms with E-state index in [1.165, 1.54) is 0 Å². The number of piperidine rings is 1. The molecule has 2 rings (SSSR count). The molecule has 0 radical (unpaired) electrons. The van der Waals surface area contributed by atoms with Crippen molar-refractivity contribution in [2.24, 2.45) is 0 Å². The van der Waals surface area contributed by atoms with Gasteiger partial charge in [-0.2, -0.15) is 0 Å². The van der Waals surface area contributed by atoms with Gasteiger partial charge in [-0.3, -0.25) is 4.98 Å². The predicted molar refractivity (Wildman–Crippen MR) is 66.2 cm³/mol. The van der Waals surface area contributed by atoms with Crippen LogP contribution in [0.25, 0.3) is 0 Å². The van der Waals surface area contributed by atoms with Crippen molar-refractivity contribution in [1.82, 2.24) is 10.3 Å². The Hall–Kier alpha value is -1.13. The van der Waals surface area contributed by atoms with E-state index in [0.717, 1.165) is 42.9 Å². The minimum Gasteiger partial charge on any atom is -0.490 e. The molecule has 0 atom stereocenters. The third-order valence-corrected chi connectivity index (χ3v) is 3.10. The molecule has 0 aliphatic carbocycles. The van der Waals surface area contributed by atoms with E-state index >= 15 is 0 Å². The summed E-state index contributed by atoms with van der Waals surface area (Å²) in [5.74, 6) is 0.922. The molecular formula is C13H20N2O2. The fourth-order valence-corrected chi connectivity index (χ4v) is 2.10. The summed E-state index contributed by atoms with van der Waals surface area (Å²) in [6, 6.07) is 1.93. The van der Waals surface area contributed by atoms with Crippen LogP contribution in [-0.2, 0) is 11.3 Å². The molecule has 0 spiro atoms. The molecule has 1 aromatic rings. The number of nitrogens with zero attached hydrogens (tertiary/aromatic N) is 1. The van der Waals surface area contributed by atoms with E-state index < -0.39 is 0 Å². The van der Waals surface area contributed by atoms with Crippen molar-refractivity contribution in [2.75, 3.05) is 20.2 Å². The predicted octanol–water partition coefficient (Wildman–Crippen LogP) is 1.67. The normalized spacial score (nSPS) is 17.1. The van der Waals surface area contributed by atoms with Gasteiger partial charge >= 0.3 is 0 Å². The molecule has 0 saturated carbocycles. The first-order valence-corrected chi connectivity index (χ1v) is 6.12. The molecule has 1 aromatic heterocycles. The number of nitrogens with one attached hydrogen (secondary N) is 1. The van der Waals surface area contributed by atoms with E-state index in [4.69, 9.17) is 9.47 Å². The van der Waals surface area contributed by atoms with Crippen molar-refractivity contribution in [2.45, 2.75) is 32.5 Å². The largest absolute Gasteiger partial charge is 0.490 e. The summed E-state index contributed by atoms with van der Waals surface area (Å²) in [5, 5.41) is 3.33. The molecule has 4 nitrogen and oxygen atoms in total. The van der Waals surface area contributed by atoms with Crippen LogP contribution in [0.5, 0.6) is 5.75 Å². The average Bonchev–Trinajstić information content (AvgIpc) is 2.35.